The van der Waals surface area contributed by atoms with Crippen molar-refractivity contribution in [2.45, 2.75) is 32.7 Å². The number of guanidine groups is 1. The third-order valence-electron chi connectivity index (χ3n) is 4.98. The number of aliphatic imine (C=N–C) groups is 1. The first-order chi connectivity index (χ1) is 11.6. The van der Waals surface area contributed by atoms with Gasteiger partial charge in [-0.05, 0) is 37.8 Å². The van der Waals surface area contributed by atoms with Gasteiger partial charge in [0.25, 0.3) is 0 Å². The van der Waals surface area contributed by atoms with Gasteiger partial charge in [0.1, 0.15) is 0 Å². The van der Waals surface area contributed by atoms with Gasteiger partial charge in [-0.15, -0.1) is 11.3 Å². The average Bonchev–Trinajstić information content (AvgIpc) is 3.02. The number of piperidine rings is 1. The molecule has 134 valence electrons. The maximum absolute atomic E-state index is 6.31. The summed E-state index contributed by atoms with van der Waals surface area (Å²) in [5.74, 6) is 1.43. The largest absolute Gasteiger partial charge is 0.379 e. The normalized spacial score (nSPS) is 25.0. The van der Waals surface area contributed by atoms with Crippen LogP contribution >= 0.6 is 11.3 Å². The van der Waals surface area contributed by atoms with Crippen molar-refractivity contribution in [3.8, 4) is 0 Å². The first-order valence-electron chi connectivity index (χ1n) is 9.06. The van der Waals surface area contributed by atoms with E-state index in [-0.39, 0.29) is 0 Å². The standard InChI is InChI=1S/C18H30N4OS/c1-14-4-3-7-22(13-14)18(19)20-12-16(17-6-5-15(2)24-17)21-8-10-23-11-9-21/h5-6,14,16H,3-4,7-13H2,1-2H3,(H2,19,20). The third kappa shape index (κ3) is 4.49. The van der Waals surface area contributed by atoms with Crippen molar-refractivity contribution in [3.05, 3.63) is 21.9 Å². The van der Waals surface area contributed by atoms with Gasteiger partial charge in [-0.1, -0.05) is 6.92 Å². The van der Waals surface area contributed by atoms with Gasteiger partial charge >= 0.3 is 0 Å². The second-order valence-electron chi connectivity index (χ2n) is 7.00. The summed E-state index contributed by atoms with van der Waals surface area (Å²) >= 11 is 1.87. The number of hydrogen-bond donors (Lipinski definition) is 1. The number of likely N-dealkylation sites (tertiary alicyclic amines) is 1. The Kier molecular flexibility index (Phi) is 6.14. The Morgan fingerprint density at radius 2 is 2.17 bits per heavy atom. The fraction of sp³-hybridized carbons (Fsp3) is 0.722. The molecule has 0 aliphatic carbocycles. The SMILES string of the molecule is Cc1ccc(C(CN=C(N)N2CCCC(C)C2)N2CCOCC2)s1. The van der Waals surface area contributed by atoms with E-state index >= 15 is 0 Å². The molecular weight excluding hydrogens is 320 g/mol. The predicted molar refractivity (Wildman–Crippen MR) is 101 cm³/mol. The van der Waals surface area contributed by atoms with Gasteiger partial charge in [0.05, 0.1) is 25.8 Å². The first kappa shape index (κ1) is 17.7. The Hall–Kier alpha value is -1.11. The topological polar surface area (TPSA) is 54.1 Å². The van der Waals surface area contributed by atoms with Gasteiger partial charge < -0.3 is 15.4 Å². The van der Waals surface area contributed by atoms with E-state index in [0.717, 1.165) is 45.9 Å². The highest BCUT2D eigenvalue weighted by atomic mass is 32.1. The van der Waals surface area contributed by atoms with E-state index in [2.05, 4.69) is 35.8 Å². The summed E-state index contributed by atoms with van der Waals surface area (Å²) in [5.41, 5.74) is 6.31. The molecule has 2 atom stereocenters. The van der Waals surface area contributed by atoms with E-state index in [9.17, 15) is 0 Å². The molecule has 5 nitrogen and oxygen atoms in total. The van der Waals surface area contributed by atoms with Crippen LogP contribution < -0.4 is 5.73 Å². The highest BCUT2D eigenvalue weighted by Gasteiger charge is 2.24. The van der Waals surface area contributed by atoms with E-state index in [1.807, 2.05) is 11.3 Å². The smallest absolute Gasteiger partial charge is 0.191 e. The van der Waals surface area contributed by atoms with E-state index in [0.29, 0.717) is 17.9 Å². The maximum atomic E-state index is 6.31. The molecule has 2 N–H and O–H groups in total. The summed E-state index contributed by atoms with van der Waals surface area (Å²) in [4.78, 5) is 12.3. The number of nitrogens with two attached hydrogens (primary N) is 1. The van der Waals surface area contributed by atoms with Gasteiger partial charge in [0.15, 0.2) is 5.96 Å². The molecule has 6 heteroatoms. The number of nitrogens with zero attached hydrogens (tertiary/aromatic N) is 3. The number of morpholine rings is 1. The van der Waals surface area contributed by atoms with Crippen molar-refractivity contribution >= 4 is 17.3 Å². The van der Waals surface area contributed by atoms with Crippen LogP contribution in [0.15, 0.2) is 17.1 Å². The van der Waals surface area contributed by atoms with Crippen LogP contribution in [-0.2, 0) is 4.74 Å². The highest BCUT2D eigenvalue weighted by Crippen LogP contribution is 2.28. The molecular formula is C18H30N4OS. The Morgan fingerprint density at radius 1 is 1.38 bits per heavy atom. The summed E-state index contributed by atoms with van der Waals surface area (Å²) in [7, 11) is 0. The lowest BCUT2D eigenvalue weighted by atomic mass is 10.0. The fourth-order valence-corrected chi connectivity index (χ4v) is 4.59. The molecule has 1 aromatic heterocycles. The molecule has 0 bridgehead atoms. The van der Waals surface area contributed by atoms with Crippen LogP contribution in [-0.4, -0.2) is 61.7 Å². The number of rotatable bonds is 4. The zero-order chi connectivity index (χ0) is 16.9. The highest BCUT2D eigenvalue weighted by molar-refractivity contribution is 7.12. The molecule has 0 aromatic carbocycles. The van der Waals surface area contributed by atoms with E-state index in [1.165, 1.54) is 22.6 Å². The Balaban J connectivity index is 1.69. The molecule has 2 fully saturated rings. The van der Waals surface area contributed by atoms with E-state index in [4.69, 9.17) is 15.5 Å². The molecule has 1 aromatic rings. The van der Waals surface area contributed by atoms with Crippen molar-refractivity contribution in [2.24, 2.45) is 16.6 Å². The quantitative estimate of drug-likeness (QED) is 0.669. The summed E-state index contributed by atoms with van der Waals surface area (Å²) in [5, 5.41) is 0. The van der Waals surface area contributed by atoms with Gasteiger partial charge in [-0.3, -0.25) is 9.89 Å². The lowest BCUT2D eigenvalue weighted by Crippen LogP contribution is -2.44. The molecule has 2 saturated heterocycles. The van der Waals surface area contributed by atoms with Crippen LogP contribution in [0.5, 0.6) is 0 Å². The van der Waals surface area contributed by atoms with Crippen LogP contribution in [0.2, 0.25) is 0 Å². The van der Waals surface area contributed by atoms with Crippen molar-refractivity contribution in [2.75, 3.05) is 45.9 Å². The maximum Gasteiger partial charge on any atom is 0.191 e. The van der Waals surface area contributed by atoms with Crippen LogP contribution in [0, 0.1) is 12.8 Å². The van der Waals surface area contributed by atoms with Gasteiger partial charge in [0.2, 0.25) is 0 Å². The Bertz CT molecular complexity index is 553. The second-order valence-corrected chi connectivity index (χ2v) is 8.32. The Morgan fingerprint density at radius 3 is 2.83 bits per heavy atom. The van der Waals surface area contributed by atoms with E-state index < -0.39 is 0 Å². The van der Waals surface area contributed by atoms with E-state index in [1.54, 1.807) is 0 Å². The molecule has 3 heterocycles. The molecule has 2 aliphatic rings. The van der Waals surface area contributed by atoms with Crippen molar-refractivity contribution in [3.63, 3.8) is 0 Å². The number of hydrogen-bond acceptors (Lipinski definition) is 4. The number of aryl methyl sites for hydroxylation is 1. The number of ether oxygens (including phenoxy) is 1. The van der Waals surface area contributed by atoms with Gasteiger partial charge in [0, 0.05) is 35.9 Å². The summed E-state index contributed by atoms with van der Waals surface area (Å²) in [6.07, 6.45) is 2.52. The molecule has 0 saturated carbocycles. The fourth-order valence-electron chi connectivity index (χ4n) is 3.58. The lowest BCUT2D eigenvalue weighted by molar-refractivity contribution is 0.0186. The number of thiophene rings is 1. The minimum atomic E-state index is 0.313. The van der Waals surface area contributed by atoms with Crippen LogP contribution in [0.3, 0.4) is 0 Å². The summed E-state index contributed by atoms with van der Waals surface area (Å²) < 4.78 is 5.52. The molecule has 2 unspecified atom stereocenters. The van der Waals surface area contributed by atoms with Crippen LogP contribution in [0.1, 0.15) is 35.6 Å². The minimum Gasteiger partial charge on any atom is -0.379 e. The molecule has 0 spiro atoms. The van der Waals surface area contributed by atoms with Crippen LogP contribution in [0.25, 0.3) is 0 Å². The van der Waals surface area contributed by atoms with Gasteiger partial charge in [-0.25, -0.2) is 0 Å². The third-order valence-corrected chi connectivity index (χ3v) is 6.09. The monoisotopic (exact) mass is 350 g/mol. The van der Waals surface area contributed by atoms with Crippen LogP contribution in [0.4, 0.5) is 0 Å². The first-order valence-corrected chi connectivity index (χ1v) is 9.88. The molecule has 24 heavy (non-hydrogen) atoms. The molecule has 0 amide bonds. The predicted octanol–water partition coefficient (Wildman–Crippen LogP) is 2.48. The second kappa shape index (κ2) is 8.32. The zero-order valence-electron chi connectivity index (χ0n) is 14.9. The van der Waals surface area contributed by atoms with Crippen molar-refractivity contribution in [1.29, 1.82) is 0 Å². The minimum absolute atomic E-state index is 0.313. The summed E-state index contributed by atoms with van der Waals surface area (Å²) in [6.45, 7) is 10.8. The Labute approximate surface area is 149 Å². The lowest BCUT2D eigenvalue weighted by Gasteiger charge is -2.34. The average molecular weight is 351 g/mol. The van der Waals surface area contributed by atoms with Crippen molar-refractivity contribution < 1.29 is 4.74 Å². The summed E-state index contributed by atoms with van der Waals surface area (Å²) in [6, 6.07) is 4.76. The molecule has 2 aliphatic heterocycles. The van der Waals surface area contributed by atoms with Gasteiger partial charge in [-0.2, -0.15) is 0 Å². The molecule has 3 rings (SSSR count). The van der Waals surface area contributed by atoms with Crippen molar-refractivity contribution in [1.82, 2.24) is 9.80 Å². The zero-order valence-corrected chi connectivity index (χ0v) is 15.7. The molecule has 0 radical (unpaired) electrons.